The van der Waals surface area contributed by atoms with Crippen LogP contribution < -0.4 is 10.1 Å². The number of halogens is 2. The first-order valence-corrected chi connectivity index (χ1v) is 7.17. The van der Waals surface area contributed by atoms with Crippen molar-refractivity contribution in [1.82, 2.24) is 20.3 Å². The summed E-state index contributed by atoms with van der Waals surface area (Å²) < 4.78 is 7.06. The van der Waals surface area contributed by atoms with Gasteiger partial charge in [-0.05, 0) is 13.0 Å². The third-order valence-corrected chi connectivity index (χ3v) is 4.09. The number of nitrogens with one attached hydrogen (secondary N) is 1. The molecule has 8 heteroatoms. The highest BCUT2D eigenvalue weighted by Gasteiger charge is 2.29. The normalized spacial score (nSPS) is 16.4. The van der Waals surface area contributed by atoms with Crippen molar-refractivity contribution in [2.24, 2.45) is 0 Å². The Morgan fingerprint density at radius 2 is 2.33 bits per heavy atom. The van der Waals surface area contributed by atoms with E-state index in [4.69, 9.17) is 27.9 Å². The highest BCUT2D eigenvalue weighted by atomic mass is 35.5. The lowest BCUT2D eigenvalue weighted by atomic mass is 10.1. The minimum atomic E-state index is -0.275. The molecule has 1 aliphatic heterocycles. The first-order valence-electron chi connectivity index (χ1n) is 6.41. The number of carbonyl (C=O) groups is 1. The van der Waals surface area contributed by atoms with Crippen LogP contribution in [0.3, 0.4) is 0 Å². The molecule has 0 radical (unpaired) electrons. The van der Waals surface area contributed by atoms with Gasteiger partial charge in [0.25, 0.3) is 5.91 Å². The van der Waals surface area contributed by atoms with Gasteiger partial charge < -0.3 is 10.1 Å². The summed E-state index contributed by atoms with van der Waals surface area (Å²) in [5.74, 6) is 0.269. The van der Waals surface area contributed by atoms with Crippen LogP contribution in [0.5, 0.6) is 5.75 Å². The summed E-state index contributed by atoms with van der Waals surface area (Å²) in [5.41, 5.74) is 1.22. The molecule has 1 N–H and O–H groups in total. The van der Waals surface area contributed by atoms with E-state index in [1.807, 2.05) is 6.92 Å². The van der Waals surface area contributed by atoms with Crippen molar-refractivity contribution in [3.63, 3.8) is 0 Å². The van der Waals surface area contributed by atoms with Crippen LogP contribution in [0.4, 0.5) is 0 Å². The lowest BCUT2D eigenvalue weighted by Crippen LogP contribution is -2.31. The summed E-state index contributed by atoms with van der Waals surface area (Å²) in [4.78, 5) is 12.3. The third kappa shape index (κ3) is 2.45. The Bertz CT molecular complexity index is 701. The number of benzene rings is 1. The fourth-order valence-corrected chi connectivity index (χ4v) is 2.62. The van der Waals surface area contributed by atoms with Gasteiger partial charge in [-0.1, -0.05) is 34.5 Å². The van der Waals surface area contributed by atoms with E-state index in [0.29, 0.717) is 34.6 Å². The number of hydrogen-bond donors (Lipinski definition) is 1. The number of aryl methyl sites for hydroxylation is 1. The number of nitrogens with zero attached hydrogens (tertiary/aromatic N) is 3. The molecule has 3 rings (SSSR count). The summed E-state index contributed by atoms with van der Waals surface area (Å²) in [7, 11) is 0. The Labute approximate surface area is 131 Å². The molecular formula is C13H12Cl2N4O2. The van der Waals surface area contributed by atoms with Crippen LogP contribution >= 0.6 is 23.2 Å². The van der Waals surface area contributed by atoms with Crippen LogP contribution in [0.1, 0.15) is 29.0 Å². The number of hydrogen-bond acceptors (Lipinski definition) is 4. The fraction of sp³-hybridized carbons (Fsp3) is 0.308. The summed E-state index contributed by atoms with van der Waals surface area (Å²) in [6, 6.07) is 3.22. The lowest BCUT2D eigenvalue weighted by molar-refractivity contribution is 0.0919. The molecule has 0 bridgehead atoms. The zero-order chi connectivity index (χ0) is 15.0. The molecule has 0 spiro atoms. The molecule has 1 amide bonds. The molecule has 1 unspecified atom stereocenters. The van der Waals surface area contributed by atoms with Gasteiger partial charge in [0.15, 0.2) is 0 Å². The largest absolute Gasteiger partial charge is 0.489 e. The van der Waals surface area contributed by atoms with Crippen molar-refractivity contribution in [3.05, 3.63) is 39.6 Å². The minimum Gasteiger partial charge on any atom is -0.489 e. The van der Waals surface area contributed by atoms with Gasteiger partial charge in [0.1, 0.15) is 23.1 Å². The van der Waals surface area contributed by atoms with Crippen molar-refractivity contribution < 1.29 is 9.53 Å². The van der Waals surface area contributed by atoms with Crippen molar-refractivity contribution in [2.75, 3.05) is 6.61 Å². The highest BCUT2D eigenvalue weighted by Crippen LogP contribution is 2.42. The molecule has 1 atom stereocenters. The standard InChI is InChI=1S/C13H12Cl2N4O2/c1-2-19-10(5-16-18-19)13(20)17-9-6-21-12-7(9)3-4-8(14)11(12)15/h3-5,9H,2,6H2,1H3,(H,17,20). The SMILES string of the molecule is CCn1nncc1C(=O)NC1COc2c1ccc(Cl)c2Cl. The van der Waals surface area contributed by atoms with Crippen LogP contribution in [0, 0.1) is 0 Å². The van der Waals surface area contributed by atoms with E-state index in [2.05, 4.69) is 15.6 Å². The van der Waals surface area contributed by atoms with Crippen LogP contribution in [0.25, 0.3) is 0 Å². The number of aromatic nitrogens is 3. The molecule has 1 aliphatic rings. The van der Waals surface area contributed by atoms with Gasteiger partial charge in [-0.2, -0.15) is 0 Å². The molecule has 2 heterocycles. The zero-order valence-electron chi connectivity index (χ0n) is 11.1. The summed E-state index contributed by atoms with van der Waals surface area (Å²) in [5, 5.41) is 11.3. The maximum Gasteiger partial charge on any atom is 0.271 e. The Balaban J connectivity index is 1.83. The lowest BCUT2D eigenvalue weighted by Gasteiger charge is -2.12. The number of ether oxygens (including phenoxy) is 1. The first-order chi connectivity index (χ1) is 10.1. The summed E-state index contributed by atoms with van der Waals surface area (Å²) in [6.07, 6.45) is 1.43. The van der Waals surface area contributed by atoms with Gasteiger partial charge in [-0.3, -0.25) is 4.79 Å². The smallest absolute Gasteiger partial charge is 0.271 e. The summed E-state index contributed by atoms with van der Waals surface area (Å²) in [6.45, 7) is 2.78. The number of carbonyl (C=O) groups excluding carboxylic acids is 1. The highest BCUT2D eigenvalue weighted by molar-refractivity contribution is 6.43. The van der Waals surface area contributed by atoms with E-state index in [9.17, 15) is 4.79 Å². The fourth-order valence-electron chi connectivity index (χ4n) is 2.24. The van der Waals surface area contributed by atoms with Gasteiger partial charge in [0, 0.05) is 12.1 Å². The van der Waals surface area contributed by atoms with E-state index in [0.717, 1.165) is 5.56 Å². The van der Waals surface area contributed by atoms with Gasteiger partial charge in [-0.25, -0.2) is 4.68 Å². The molecule has 0 aliphatic carbocycles. The first kappa shape index (κ1) is 14.2. The predicted molar refractivity (Wildman–Crippen MR) is 77.9 cm³/mol. The van der Waals surface area contributed by atoms with E-state index >= 15 is 0 Å². The molecular weight excluding hydrogens is 315 g/mol. The van der Waals surface area contributed by atoms with E-state index in [1.165, 1.54) is 10.9 Å². The van der Waals surface area contributed by atoms with Crippen molar-refractivity contribution in [3.8, 4) is 5.75 Å². The second-order valence-corrected chi connectivity index (χ2v) is 5.34. The predicted octanol–water partition coefficient (Wildman–Crippen LogP) is 2.47. The molecule has 0 saturated heterocycles. The van der Waals surface area contributed by atoms with Gasteiger partial charge in [-0.15, -0.1) is 5.10 Å². The molecule has 6 nitrogen and oxygen atoms in total. The molecule has 1 aromatic carbocycles. The number of rotatable bonds is 3. The molecule has 0 saturated carbocycles. The van der Waals surface area contributed by atoms with E-state index in [-0.39, 0.29) is 11.9 Å². The average Bonchev–Trinajstić information content (AvgIpc) is 3.10. The molecule has 21 heavy (non-hydrogen) atoms. The van der Waals surface area contributed by atoms with E-state index < -0.39 is 0 Å². The number of fused-ring (bicyclic) bond motifs is 1. The maximum atomic E-state index is 12.3. The molecule has 2 aromatic rings. The van der Waals surface area contributed by atoms with Crippen molar-refractivity contribution in [2.45, 2.75) is 19.5 Å². The van der Waals surface area contributed by atoms with Crippen LogP contribution in [0.2, 0.25) is 10.0 Å². The van der Waals surface area contributed by atoms with E-state index in [1.54, 1.807) is 12.1 Å². The molecule has 1 aromatic heterocycles. The number of amides is 1. The minimum absolute atomic E-state index is 0.255. The van der Waals surface area contributed by atoms with Crippen molar-refractivity contribution in [1.29, 1.82) is 0 Å². The van der Waals surface area contributed by atoms with Gasteiger partial charge in [0.2, 0.25) is 0 Å². The van der Waals surface area contributed by atoms with Crippen LogP contribution in [0.15, 0.2) is 18.3 Å². The van der Waals surface area contributed by atoms with Gasteiger partial charge in [0.05, 0.1) is 17.3 Å². The molecule has 0 fully saturated rings. The third-order valence-electron chi connectivity index (χ3n) is 3.31. The monoisotopic (exact) mass is 326 g/mol. The Kier molecular flexibility index (Phi) is 3.73. The average molecular weight is 327 g/mol. The second kappa shape index (κ2) is 5.54. The van der Waals surface area contributed by atoms with Crippen molar-refractivity contribution >= 4 is 29.1 Å². The quantitative estimate of drug-likeness (QED) is 0.940. The van der Waals surface area contributed by atoms with Gasteiger partial charge >= 0.3 is 0 Å². The molecule has 110 valence electrons. The Morgan fingerprint density at radius 3 is 3.10 bits per heavy atom. The van der Waals surface area contributed by atoms with Crippen LogP contribution in [-0.2, 0) is 6.54 Å². The summed E-state index contributed by atoms with van der Waals surface area (Å²) >= 11 is 12.0. The van der Waals surface area contributed by atoms with Crippen LogP contribution in [-0.4, -0.2) is 27.5 Å². The Morgan fingerprint density at radius 1 is 1.52 bits per heavy atom. The Hall–Kier alpha value is -1.79. The zero-order valence-corrected chi connectivity index (χ0v) is 12.6. The maximum absolute atomic E-state index is 12.3. The topological polar surface area (TPSA) is 69.0 Å². The second-order valence-electron chi connectivity index (χ2n) is 4.55.